The van der Waals surface area contributed by atoms with Crippen LogP contribution in [0.4, 0.5) is 0 Å². The molecule has 0 radical (unpaired) electrons. The quantitative estimate of drug-likeness (QED) is 0.609. The van der Waals surface area contributed by atoms with Crippen molar-refractivity contribution in [3.8, 4) is 0 Å². The fraction of sp³-hybridized carbons (Fsp3) is 0.632. The molecule has 156 valence electrons. The summed E-state index contributed by atoms with van der Waals surface area (Å²) >= 11 is 0. The van der Waals surface area contributed by atoms with E-state index >= 15 is 0 Å². The molecule has 2 heterocycles. The first-order valence-electron chi connectivity index (χ1n) is 9.31. The minimum Gasteiger partial charge on any atom is -0.464 e. The fourth-order valence-electron chi connectivity index (χ4n) is 3.35. The van der Waals surface area contributed by atoms with Gasteiger partial charge in [-0.1, -0.05) is 13.3 Å². The summed E-state index contributed by atoms with van der Waals surface area (Å²) in [5.41, 5.74) is 0.788. The molecule has 0 saturated carbocycles. The Kier molecular flexibility index (Phi) is 7.59. The Morgan fingerprint density at radius 2 is 1.93 bits per heavy atom. The lowest BCUT2D eigenvalue weighted by Gasteiger charge is -2.34. The highest BCUT2D eigenvalue weighted by Crippen LogP contribution is 2.37. The van der Waals surface area contributed by atoms with E-state index in [0.29, 0.717) is 25.3 Å². The Bertz CT molecular complexity index is 694. The van der Waals surface area contributed by atoms with Gasteiger partial charge in [-0.3, -0.25) is 9.59 Å². The fourth-order valence-corrected chi connectivity index (χ4v) is 3.35. The molecule has 28 heavy (non-hydrogen) atoms. The number of rotatable bonds is 9. The van der Waals surface area contributed by atoms with Gasteiger partial charge in [-0.2, -0.15) is 0 Å². The first kappa shape index (κ1) is 21.9. The predicted octanol–water partition coefficient (Wildman–Crippen LogP) is 1.63. The molecule has 9 heteroatoms. The molecule has 2 unspecified atom stereocenters. The number of hydrogen-bond acceptors (Lipinski definition) is 7. The van der Waals surface area contributed by atoms with Crippen molar-refractivity contribution in [2.24, 2.45) is 0 Å². The van der Waals surface area contributed by atoms with E-state index in [1.54, 1.807) is 12.1 Å². The molecule has 1 aliphatic rings. The van der Waals surface area contributed by atoms with Gasteiger partial charge in [-0.05, 0) is 18.6 Å². The Labute approximate surface area is 164 Å². The van der Waals surface area contributed by atoms with Crippen LogP contribution in [0.3, 0.4) is 0 Å². The summed E-state index contributed by atoms with van der Waals surface area (Å²) in [7, 11) is 1.29. The van der Waals surface area contributed by atoms with Crippen molar-refractivity contribution >= 4 is 17.8 Å². The Balaban J connectivity index is 2.33. The van der Waals surface area contributed by atoms with Gasteiger partial charge in [0.1, 0.15) is 11.8 Å². The summed E-state index contributed by atoms with van der Waals surface area (Å²) in [6.45, 7) is 5.40. The Morgan fingerprint density at radius 1 is 1.25 bits per heavy atom. The van der Waals surface area contributed by atoms with Crippen LogP contribution < -0.4 is 5.32 Å². The normalized spacial score (nSPS) is 17.6. The van der Waals surface area contributed by atoms with Gasteiger partial charge in [0.05, 0.1) is 32.1 Å². The number of carbonyl (C=O) groups is 3. The van der Waals surface area contributed by atoms with Gasteiger partial charge in [-0.15, -0.1) is 0 Å². The zero-order valence-electron chi connectivity index (χ0n) is 16.7. The number of ether oxygens (including phenoxy) is 4. The summed E-state index contributed by atoms with van der Waals surface area (Å²) in [5, 5.41) is 2.85. The minimum atomic E-state index is -1.20. The Hall–Kier alpha value is -2.39. The third kappa shape index (κ3) is 5.32. The van der Waals surface area contributed by atoms with Crippen LogP contribution in [0.25, 0.3) is 0 Å². The second-order valence-electron chi connectivity index (χ2n) is 6.67. The van der Waals surface area contributed by atoms with E-state index in [1.165, 1.54) is 21.0 Å². The van der Waals surface area contributed by atoms with E-state index in [4.69, 9.17) is 18.9 Å². The maximum atomic E-state index is 11.8. The van der Waals surface area contributed by atoms with Crippen molar-refractivity contribution in [1.82, 2.24) is 10.3 Å². The highest BCUT2D eigenvalue weighted by Gasteiger charge is 2.44. The molecule has 0 spiro atoms. The summed E-state index contributed by atoms with van der Waals surface area (Å²) in [5.74, 6) is -2.40. The number of esters is 2. The lowest BCUT2D eigenvalue weighted by molar-refractivity contribution is -0.186. The van der Waals surface area contributed by atoms with Crippen LogP contribution in [0.1, 0.15) is 56.2 Å². The number of amides is 1. The van der Waals surface area contributed by atoms with Gasteiger partial charge in [0.25, 0.3) is 0 Å². The molecule has 1 saturated heterocycles. The third-order valence-electron chi connectivity index (χ3n) is 4.47. The SMILES string of the molecule is CCCC(OC(C)=O)C(CC1(c2ccc(C(=O)OC)[nH]2)OCCO1)NC(C)=O. The Morgan fingerprint density at radius 3 is 2.46 bits per heavy atom. The standard InChI is InChI=1S/C19H28N2O7/c1-5-6-16(28-13(3)23)15(20-12(2)22)11-19(26-9-10-27-19)17-8-7-14(21-17)18(24)25-4/h7-8,15-16,21H,5-6,9-11H2,1-4H3,(H,20,22). The van der Waals surface area contributed by atoms with Crippen LogP contribution in [0.5, 0.6) is 0 Å². The highest BCUT2D eigenvalue weighted by atomic mass is 16.7. The number of nitrogens with one attached hydrogen (secondary N) is 2. The average Bonchev–Trinajstić information content (AvgIpc) is 3.29. The topological polar surface area (TPSA) is 116 Å². The van der Waals surface area contributed by atoms with E-state index in [2.05, 4.69) is 10.3 Å². The van der Waals surface area contributed by atoms with E-state index in [-0.39, 0.29) is 18.0 Å². The van der Waals surface area contributed by atoms with Crippen molar-refractivity contribution < 1.29 is 33.3 Å². The van der Waals surface area contributed by atoms with Gasteiger partial charge in [-0.25, -0.2) is 4.79 Å². The smallest absolute Gasteiger partial charge is 0.354 e. The number of methoxy groups -OCH3 is 1. The summed E-state index contributed by atoms with van der Waals surface area (Å²) in [4.78, 5) is 38.1. The monoisotopic (exact) mass is 396 g/mol. The number of H-pyrrole nitrogens is 1. The molecule has 9 nitrogen and oxygen atoms in total. The molecule has 0 bridgehead atoms. The third-order valence-corrected chi connectivity index (χ3v) is 4.47. The molecule has 1 aliphatic heterocycles. The maximum absolute atomic E-state index is 11.8. The number of carbonyl (C=O) groups excluding carboxylic acids is 3. The molecule has 1 aromatic heterocycles. The van der Waals surface area contributed by atoms with Gasteiger partial charge in [0.15, 0.2) is 0 Å². The van der Waals surface area contributed by atoms with Gasteiger partial charge >= 0.3 is 11.9 Å². The molecular weight excluding hydrogens is 368 g/mol. The van der Waals surface area contributed by atoms with Crippen molar-refractivity contribution in [3.63, 3.8) is 0 Å². The van der Waals surface area contributed by atoms with Crippen molar-refractivity contribution in [1.29, 1.82) is 0 Å². The van der Waals surface area contributed by atoms with Crippen LogP contribution in [0, 0.1) is 0 Å². The molecule has 2 N–H and O–H groups in total. The van der Waals surface area contributed by atoms with E-state index in [0.717, 1.165) is 6.42 Å². The molecule has 1 fully saturated rings. The summed E-state index contributed by atoms with van der Waals surface area (Å²) < 4.78 is 22.0. The van der Waals surface area contributed by atoms with E-state index in [9.17, 15) is 14.4 Å². The van der Waals surface area contributed by atoms with Crippen LogP contribution in [0.15, 0.2) is 12.1 Å². The summed E-state index contributed by atoms with van der Waals surface area (Å²) in [6.07, 6.45) is 0.994. The first-order valence-corrected chi connectivity index (χ1v) is 9.31. The van der Waals surface area contributed by atoms with Gasteiger partial charge in [0.2, 0.25) is 11.7 Å². The second-order valence-corrected chi connectivity index (χ2v) is 6.67. The lowest BCUT2D eigenvalue weighted by Crippen LogP contribution is -2.49. The summed E-state index contributed by atoms with van der Waals surface area (Å²) in [6, 6.07) is 2.73. The molecule has 2 rings (SSSR count). The first-order chi connectivity index (χ1) is 13.3. The van der Waals surface area contributed by atoms with Crippen LogP contribution in [0.2, 0.25) is 0 Å². The van der Waals surface area contributed by atoms with E-state index in [1.807, 2.05) is 6.92 Å². The van der Waals surface area contributed by atoms with Crippen molar-refractivity contribution in [2.45, 2.75) is 58.0 Å². The molecule has 0 aliphatic carbocycles. The number of aromatic nitrogens is 1. The number of hydrogen-bond donors (Lipinski definition) is 2. The van der Waals surface area contributed by atoms with Gasteiger partial charge in [0, 0.05) is 20.3 Å². The molecule has 0 aromatic carbocycles. The maximum Gasteiger partial charge on any atom is 0.354 e. The molecule has 1 amide bonds. The molecular formula is C19H28N2O7. The minimum absolute atomic E-state index is 0.200. The molecule has 2 atom stereocenters. The zero-order valence-corrected chi connectivity index (χ0v) is 16.7. The highest BCUT2D eigenvalue weighted by molar-refractivity contribution is 5.87. The number of aromatic amines is 1. The van der Waals surface area contributed by atoms with Crippen LogP contribution >= 0.6 is 0 Å². The predicted molar refractivity (Wildman–Crippen MR) is 98.4 cm³/mol. The van der Waals surface area contributed by atoms with Crippen molar-refractivity contribution in [3.05, 3.63) is 23.5 Å². The zero-order chi connectivity index (χ0) is 20.7. The van der Waals surface area contributed by atoms with E-state index < -0.39 is 29.9 Å². The second kappa shape index (κ2) is 9.70. The van der Waals surface area contributed by atoms with Gasteiger partial charge < -0.3 is 29.2 Å². The van der Waals surface area contributed by atoms with Crippen LogP contribution in [-0.4, -0.2) is 55.3 Å². The molecule has 1 aromatic rings. The largest absolute Gasteiger partial charge is 0.464 e. The van der Waals surface area contributed by atoms with Crippen molar-refractivity contribution in [2.75, 3.05) is 20.3 Å². The lowest BCUT2D eigenvalue weighted by atomic mass is 9.95. The van der Waals surface area contributed by atoms with Crippen LogP contribution in [-0.2, 0) is 34.3 Å². The average molecular weight is 396 g/mol.